The Labute approximate surface area is 150 Å². The number of carbonyl (C=O) groups is 1. The first kappa shape index (κ1) is 16.9. The zero-order valence-electron chi connectivity index (χ0n) is 14.2. The quantitative estimate of drug-likeness (QED) is 0.842. The van der Waals surface area contributed by atoms with E-state index in [1.165, 1.54) is 12.1 Å². The molecule has 1 aromatic carbocycles. The van der Waals surface area contributed by atoms with E-state index >= 15 is 0 Å². The van der Waals surface area contributed by atoms with Crippen LogP contribution in [0.25, 0.3) is 0 Å². The zero-order valence-corrected chi connectivity index (χ0v) is 14.2. The predicted molar refractivity (Wildman–Crippen MR) is 89.5 cm³/mol. The van der Waals surface area contributed by atoms with Crippen LogP contribution < -0.4 is 4.74 Å². The van der Waals surface area contributed by atoms with Crippen LogP contribution in [-0.2, 0) is 10.2 Å². The summed E-state index contributed by atoms with van der Waals surface area (Å²) in [5.41, 5.74) is 0.343. The van der Waals surface area contributed by atoms with Gasteiger partial charge in [0.15, 0.2) is 5.82 Å². The van der Waals surface area contributed by atoms with Crippen LogP contribution in [-0.4, -0.2) is 40.0 Å². The Hall–Kier alpha value is -2.57. The molecule has 1 amide bonds. The fraction of sp³-hybridized carbons (Fsp3) is 0.421. The zero-order chi connectivity index (χ0) is 18.1. The number of piperidine rings is 1. The molecule has 0 N–H and O–H groups in total. The second-order valence-corrected chi connectivity index (χ2v) is 6.91. The van der Waals surface area contributed by atoms with E-state index in [9.17, 15) is 13.6 Å². The molecule has 1 saturated carbocycles. The van der Waals surface area contributed by atoms with Gasteiger partial charge in [0, 0.05) is 6.54 Å². The highest BCUT2D eigenvalue weighted by Gasteiger charge is 2.53. The number of likely N-dealkylation sites (tertiary alicyclic amines) is 1. The maximum absolute atomic E-state index is 13.2. The van der Waals surface area contributed by atoms with Crippen molar-refractivity contribution in [3.8, 4) is 6.01 Å². The van der Waals surface area contributed by atoms with Gasteiger partial charge in [0.05, 0.1) is 24.4 Å². The summed E-state index contributed by atoms with van der Waals surface area (Å²) in [6.45, 7) is 1.12. The molecule has 1 atom stereocenters. The lowest BCUT2D eigenvalue weighted by atomic mass is 9.93. The van der Waals surface area contributed by atoms with Crippen LogP contribution in [0.15, 0.2) is 36.7 Å². The van der Waals surface area contributed by atoms with Gasteiger partial charge < -0.3 is 9.64 Å². The summed E-state index contributed by atoms with van der Waals surface area (Å²) in [6, 6.07) is 6.31. The van der Waals surface area contributed by atoms with Gasteiger partial charge in [-0.25, -0.2) is 18.7 Å². The number of ether oxygens (including phenoxy) is 1. The van der Waals surface area contributed by atoms with E-state index < -0.39 is 11.2 Å². The highest BCUT2D eigenvalue weighted by molar-refractivity contribution is 5.91. The Morgan fingerprint density at radius 3 is 2.46 bits per heavy atom. The highest BCUT2D eigenvalue weighted by atomic mass is 19.1. The van der Waals surface area contributed by atoms with E-state index in [2.05, 4.69) is 9.97 Å². The Morgan fingerprint density at radius 1 is 1.12 bits per heavy atom. The minimum atomic E-state index is -0.526. The van der Waals surface area contributed by atoms with Crippen molar-refractivity contribution in [2.24, 2.45) is 0 Å². The third-order valence-corrected chi connectivity index (χ3v) is 5.09. The molecule has 1 unspecified atom stereocenters. The Morgan fingerprint density at radius 2 is 1.81 bits per heavy atom. The van der Waals surface area contributed by atoms with Crippen molar-refractivity contribution in [2.75, 3.05) is 13.1 Å². The van der Waals surface area contributed by atoms with E-state index in [1.807, 2.05) is 4.90 Å². The lowest BCUT2D eigenvalue weighted by Gasteiger charge is -2.34. The van der Waals surface area contributed by atoms with Gasteiger partial charge in [-0.05, 0) is 43.4 Å². The van der Waals surface area contributed by atoms with Crippen molar-refractivity contribution in [3.63, 3.8) is 0 Å². The van der Waals surface area contributed by atoms with Gasteiger partial charge in [-0.2, -0.15) is 0 Å². The number of hydrogen-bond donors (Lipinski definition) is 0. The SMILES string of the molecule is O=C(N1CCCC(Oc2ncc(F)cn2)C1)C1(c2ccc(F)cc2)CC1. The van der Waals surface area contributed by atoms with Crippen molar-refractivity contribution in [3.05, 3.63) is 53.9 Å². The predicted octanol–water partition coefficient (Wildman–Crippen LogP) is 2.86. The van der Waals surface area contributed by atoms with Crippen LogP contribution in [0.3, 0.4) is 0 Å². The van der Waals surface area contributed by atoms with Gasteiger partial charge in [0.2, 0.25) is 5.91 Å². The smallest absolute Gasteiger partial charge is 0.316 e. The number of rotatable bonds is 4. The summed E-state index contributed by atoms with van der Waals surface area (Å²) in [4.78, 5) is 22.5. The summed E-state index contributed by atoms with van der Waals surface area (Å²) >= 11 is 0. The summed E-state index contributed by atoms with van der Waals surface area (Å²) < 4.78 is 31.8. The molecule has 2 aliphatic rings. The van der Waals surface area contributed by atoms with Gasteiger partial charge in [0.25, 0.3) is 0 Å². The molecule has 1 aromatic heterocycles. The van der Waals surface area contributed by atoms with Crippen molar-refractivity contribution in [1.82, 2.24) is 14.9 Å². The van der Waals surface area contributed by atoms with E-state index in [0.29, 0.717) is 13.1 Å². The molecule has 1 aliphatic heterocycles. The Balaban J connectivity index is 1.44. The summed E-state index contributed by atoms with van der Waals surface area (Å²) in [5.74, 6) is -0.757. The minimum absolute atomic E-state index is 0.0671. The van der Waals surface area contributed by atoms with E-state index in [-0.39, 0.29) is 23.8 Å². The highest BCUT2D eigenvalue weighted by Crippen LogP contribution is 2.49. The average Bonchev–Trinajstić information content (AvgIpc) is 3.46. The first-order valence-electron chi connectivity index (χ1n) is 8.76. The molecule has 2 fully saturated rings. The van der Waals surface area contributed by atoms with Gasteiger partial charge in [-0.1, -0.05) is 12.1 Å². The molecule has 0 spiro atoms. The average molecular weight is 359 g/mol. The first-order chi connectivity index (χ1) is 12.6. The number of carbonyl (C=O) groups excluding carboxylic acids is 1. The molecule has 2 aromatic rings. The number of halogens is 2. The van der Waals surface area contributed by atoms with Gasteiger partial charge in [0.1, 0.15) is 11.9 Å². The van der Waals surface area contributed by atoms with Crippen LogP contribution in [0.1, 0.15) is 31.2 Å². The lowest BCUT2D eigenvalue weighted by molar-refractivity contribution is -0.136. The summed E-state index contributed by atoms with van der Waals surface area (Å²) in [6.07, 6.45) is 5.05. The second kappa shape index (κ2) is 6.63. The van der Waals surface area contributed by atoms with Crippen LogP contribution in [0.2, 0.25) is 0 Å². The third kappa shape index (κ3) is 3.25. The van der Waals surface area contributed by atoms with Crippen LogP contribution in [0, 0.1) is 11.6 Å². The monoisotopic (exact) mass is 359 g/mol. The Kier molecular flexibility index (Phi) is 4.30. The molecule has 2 heterocycles. The second-order valence-electron chi connectivity index (χ2n) is 6.91. The number of aromatic nitrogens is 2. The topological polar surface area (TPSA) is 55.3 Å². The lowest BCUT2D eigenvalue weighted by Crippen LogP contribution is -2.48. The van der Waals surface area contributed by atoms with E-state index in [1.54, 1.807) is 12.1 Å². The molecule has 7 heteroatoms. The van der Waals surface area contributed by atoms with Gasteiger partial charge >= 0.3 is 6.01 Å². The molecule has 26 heavy (non-hydrogen) atoms. The van der Waals surface area contributed by atoms with E-state index in [0.717, 1.165) is 43.6 Å². The number of amides is 1. The number of benzene rings is 1. The molecular formula is C19H19F2N3O2. The maximum Gasteiger partial charge on any atom is 0.316 e. The van der Waals surface area contributed by atoms with Gasteiger partial charge in [-0.15, -0.1) is 0 Å². The standard InChI is InChI=1S/C19H19F2N3O2/c20-14-5-3-13(4-6-14)19(7-8-19)17(25)24-9-1-2-16(12-24)26-18-22-10-15(21)11-23-18/h3-6,10-11,16H,1-2,7-9,12H2. The maximum atomic E-state index is 13.2. The molecular weight excluding hydrogens is 340 g/mol. The molecule has 0 bridgehead atoms. The van der Waals surface area contributed by atoms with Crippen LogP contribution in [0.4, 0.5) is 8.78 Å². The molecule has 1 aliphatic carbocycles. The van der Waals surface area contributed by atoms with E-state index in [4.69, 9.17) is 4.74 Å². The van der Waals surface area contributed by atoms with Crippen molar-refractivity contribution >= 4 is 5.91 Å². The largest absolute Gasteiger partial charge is 0.458 e. The summed E-state index contributed by atoms with van der Waals surface area (Å²) in [7, 11) is 0. The molecule has 4 rings (SSSR count). The number of nitrogens with zero attached hydrogens (tertiary/aromatic N) is 3. The normalized spacial score (nSPS) is 21.3. The van der Waals surface area contributed by atoms with Crippen molar-refractivity contribution in [1.29, 1.82) is 0 Å². The fourth-order valence-electron chi connectivity index (χ4n) is 3.55. The van der Waals surface area contributed by atoms with Crippen molar-refractivity contribution in [2.45, 2.75) is 37.2 Å². The number of hydrogen-bond acceptors (Lipinski definition) is 4. The molecule has 1 saturated heterocycles. The minimum Gasteiger partial charge on any atom is -0.458 e. The molecule has 5 nitrogen and oxygen atoms in total. The molecule has 136 valence electrons. The van der Waals surface area contributed by atoms with Gasteiger partial charge in [-0.3, -0.25) is 4.79 Å². The summed E-state index contributed by atoms with van der Waals surface area (Å²) in [5, 5.41) is 0. The van der Waals surface area contributed by atoms with Crippen LogP contribution in [0.5, 0.6) is 6.01 Å². The molecule has 0 radical (unpaired) electrons. The van der Waals surface area contributed by atoms with Crippen molar-refractivity contribution < 1.29 is 18.3 Å². The third-order valence-electron chi connectivity index (χ3n) is 5.09. The van der Waals surface area contributed by atoms with Crippen LogP contribution >= 0.6 is 0 Å². The fourth-order valence-corrected chi connectivity index (χ4v) is 3.55. The first-order valence-corrected chi connectivity index (χ1v) is 8.76. The Bertz CT molecular complexity index is 791.